The number of nitrogens with zero attached hydrogens (tertiary/aromatic N) is 3. The second-order valence-electron chi connectivity index (χ2n) is 6.00. The summed E-state index contributed by atoms with van der Waals surface area (Å²) in [5.41, 5.74) is 2.89. The molecule has 9 heteroatoms. The average Bonchev–Trinajstić information content (AvgIpc) is 3.29. The summed E-state index contributed by atoms with van der Waals surface area (Å²) in [6.45, 7) is -2.88. The fourth-order valence-corrected chi connectivity index (χ4v) is 2.73. The number of carbonyl (C=O) groups is 1. The van der Waals surface area contributed by atoms with Gasteiger partial charge in [-0.05, 0) is 29.8 Å². The lowest BCUT2D eigenvalue weighted by molar-refractivity contribution is -0.115. The number of nitrogens with one attached hydrogen (secondary N) is 2. The van der Waals surface area contributed by atoms with Crippen molar-refractivity contribution < 1.29 is 18.3 Å². The molecule has 2 aromatic carbocycles. The van der Waals surface area contributed by atoms with Crippen LogP contribution in [0.1, 0.15) is 5.56 Å². The number of para-hydroxylation sites is 2. The summed E-state index contributed by atoms with van der Waals surface area (Å²) in [5, 5.41) is 6.95. The molecule has 0 radical (unpaired) electrons. The Balaban J connectivity index is 1.40. The SMILES string of the molecule is O=C(Cc1ccc(OC(F)F)cc1)Nc1cnn(-c2nc3ccccc3[nH]2)c1. The number of fused-ring (bicyclic) bond motifs is 1. The molecule has 0 spiro atoms. The van der Waals surface area contributed by atoms with E-state index in [-0.39, 0.29) is 18.1 Å². The summed E-state index contributed by atoms with van der Waals surface area (Å²) in [5.74, 6) is 0.328. The lowest BCUT2D eigenvalue weighted by Gasteiger charge is -2.06. The van der Waals surface area contributed by atoms with Crippen molar-refractivity contribution in [2.75, 3.05) is 5.32 Å². The van der Waals surface area contributed by atoms with Crippen LogP contribution >= 0.6 is 0 Å². The van der Waals surface area contributed by atoms with Gasteiger partial charge in [-0.3, -0.25) is 4.79 Å². The molecule has 0 unspecified atom stereocenters. The number of rotatable bonds is 6. The molecule has 2 N–H and O–H groups in total. The summed E-state index contributed by atoms with van der Waals surface area (Å²) in [6, 6.07) is 13.5. The second kappa shape index (κ2) is 7.47. The van der Waals surface area contributed by atoms with E-state index in [1.165, 1.54) is 23.0 Å². The van der Waals surface area contributed by atoms with E-state index in [0.717, 1.165) is 11.0 Å². The van der Waals surface area contributed by atoms with Gasteiger partial charge in [-0.1, -0.05) is 24.3 Å². The number of amides is 1. The maximum Gasteiger partial charge on any atom is 0.387 e. The topological polar surface area (TPSA) is 84.8 Å². The Kier molecular flexibility index (Phi) is 4.71. The van der Waals surface area contributed by atoms with Crippen molar-refractivity contribution in [2.24, 2.45) is 0 Å². The zero-order valence-corrected chi connectivity index (χ0v) is 14.5. The largest absolute Gasteiger partial charge is 0.435 e. The fourth-order valence-electron chi connectivity index (χ4n) is 2.73. The molecule has 142 valence electrons. The molecule has 0 bridgehead atoms. The molecule has 1 amide bonds. The van der Waals surface area contributed by atoms with E-state index < -0.39 is 6.61 Å². The minimum absolute atomic E-state index is 0.0475. The molecule has 0 atom stereocenters. The van der Waals surface area contributed by atoms with Gasteiger partial charge in [0.1, 0.15) is 5.75 Å². The Morgan fingerprint density at radius 1 is 1.18 bits per heavy atom. The first kappa shape index (κ1) is 17.7. The van der Waals surface area contributed by atoms with Crippen molar-refractivity contribution in [3.8, 4) is 11.7 Å². The molecule has 0 aliphatic carbocycles. The van der Waals surface area contributed by atoms with Gasteiger partial charge in [0.05, 0.1) is 35.5 Å². The minimum Gasteiger partial charge on any atom is -0.435 e. The van der Waals surface area contributed by atoms with E-state index in [9.17, 15) is 13.6 Å². The Labute approximate surface area is 158 Å². The molecule has 0 aliphatic rings. The van der Waals surface area contributed by atoms with Crippen LogP contribution in [0.15, 0.2) is 60.9 Å². The number of alkyl halides is 2. The first-order valence-electron chi connectivity index (χ1n) is 8.40. The highest BCUT2D eigenvalue weighted by atomic mass is 19.3. The second-order valence-corrected chi connectivity index (χ2v) is 6.00. The van der Waals surface area contributed by atoms with E-state index in [2.05, 4.69) is 25.1 Å². The van der Waals surface area contributed by atoms with Gasteiger partial charge in [-0.25, -0.2) is 9.67 Å². The predicted octanol–water partition coefficient (Wildman–Crippen LogP) is 3.53. The van der Waals surface area contributed by atoms with E-state index in [0.29, 0.717) is 17.2 Å². The number of ether oxygens (including phenoxy) is 1. The standard InChI is InChI=1S/C19H15F2N5O2/c20-18(21)28-14-7-5-12(6-8-14)9-17(27)23-13-10-22-26(11-13)19-24-15-3-1-2-4-16(15)25-19/h1-8,10-11,18H,9H2,(H,23,27)(H,24,25). The number of aromatic nitrogens is 4. The summed E-state index contributed by atoms with van der Waals surface area (Å²) < 4.78 is 30.1. The summed E-state index contributed by atoms with van der Waals surface area (Å²) >= 11 is 0. The molecule has 2 heterocycles. The number of hydrogen-bond donors (Lipinski definition) is 2. The van der Waals surface area contributed by atoms with Gasteiger partial charge in [-0.2, -0.15) is 13.9 Å². The Morgan fingerprint density at radius 2 is 1.96 bits per heavy atom. The van der Waals surface area contributed by atoms with Crippen LogP contribution in [-0.2, 0) is 11.2 Å². The zero-order chi connectivity index (χ0) is 19.5. The third kappa shape index (κ3) is 3.98. The molecule has 0 aliphatic heterocycles. The lowest BCUT2D eigenvalue weighted by atomic mass is 10.1. The quantitative estimate of drug-likeness (QED) is 0.533. The molecular weight excluding hydrogens is 368 g/mol. The summed E-state index contributed by atoms with van der Waals surface area (Å²) in [6.07, 6.45) is 3.25. The molecule has 2 aromatic heterocycles. The monoisotopic (exact) mass is 383 g/mol. The molecular formula is C19H15F2N5O2. The number of hydrogen-bond acceptors (Lipinski definition) is 4. The molecule has 0 saturated carbocycles. The van der Waals surface area contributed by atoms with Crippen molar-refractivity contribution in [3.63, 3.8) is 0 Å². The van der Waals surface area contributed by atoms with Crippen LogP contribution in [0.4, 0.5) is 14.5 Å². The molecule has 4 rings (SSSR count). The molecule has 4 aromatic rings. The van der Waals surface area contributed by atoms with Crippen LogP contribution < -0.4 is 10.1 Å². The molecule has 28 heavy (non-hydrogen) atoms. The average molecular weight is 383 g/mol. The minimum atomic E-state index is -2.88. The van der Waals surface area contributed by atoms with Crippen LogP contribution in [0.3, 0.4) is 0 Å². The number of anilines is 1. The van der Waals surface area contributed by atoms with Crippen LogP contribution in [0.2, 0.25) is 0 Å². The Bertz CT molecular complexity index is 1070. The predicted molar refractivity (Wildman–Crippen MR) is 98.6 cm³/mol. The first-order chi connectivity index (χ1) is 13.6. The van der Waals surface area contributed by atoms with E-state index in [1.807, 2.05) is 24.3 Å². The van der Waals surface area contributed by atoms with Crippen LogP contribution in [0.5, 0.6) is 5.75 Å². The third-order valence-corrected chi connectivity index (χ3v) is 3.97. The number of benzene rings is 2. The van der Waals surface area contributed by atoms with Crippen molar-refractivity contribution in [1.29, 1.82) is 0 Å². The number of H-pyrrole nitrogens is 1. The fraction of sp³-hybridized carbons (Fsp3) is 0.105. The van der Waals surface area contributed by atoms with Gasteiger partial charge >= 0.3 is 6.61 Å². The third-order valence-electron chi connectivity index (χ3n) is 3.97. The Morgan fingerprint density at radius 3 is 2.71 bits per heavy atom. The van der Waals surface area contributed by atoms with Crippen LogP contribution in [-0.4, -0.2) is 32.3 Å². The van der Waals surface area contributed by atoms with Crippen molar-refractivity contribution in [2.45, 2.75) is 13.0 Å². The van der Waals surface area contributed by atoms with Gasteiger partial charge < -0.3 is 15.0 Å². The molecule has 0 fully saturated rings. The first-order valence-corrected chi connectivity index (χ1v) is 8.40. The van der Waals surface area contributed by atoms with Crippen molar-refractivity contribution in [3.05, 3.63) is 66.5 Å². The highest BCUT2D eigenvalue weighted by molar-refractivity contribution is 5.92. The number of imidazole rings is 1. The molecule has 7 nitrogen and oxygen atoms in total. The normalized spacial score (nSPS) is 11.1. The van der Waals surface area contributed by atoms with Crippen LogP contribution in [0.25, 0.3) is 17.0 Å². The number of halogens is 2. The van der Waals surface area contributed by atoms with Crippen LogP contribution in [0, 0.1) is 0 Å². The highest BCUT2D eigenvalue weighted by Gasteiger charge is 2.10. The highest BCUT2D eigenvalue weighted by Crippen LogP contribution is 2.17. The van der Waals surface area contributed by atoms with Crippen molar-refractivity contribution in [1.82, 2.24) is 19.7 Å². The smallest absolute Gasteiger partial charge is 0.387 e. The molecule has 0 saturated heterocycles. The van der Waals surface area contributed by atoms with E-state index >= 15 is 0 Å². The van der Waals surface area contributed by atoms with E-state index in [4.69, 9.17) is 0 Å². The maximum absolute atomic E-state index is 12.2. The van der Waals surface area contributed by atoms with Gasteiger partial charge in [-0.15, -0.1) is 0 Å². The van der Waals surface area contributed by atoms with Gasteiger partial charge in [0, 0.05) is 0 Å². The summed E-state index contributed by atoms with van der Waals surface area (Å²) in [4.78, 5) is 19.8. The summed E-state index contributed by atoms with van der Waals surface area (Å²) in [7, 11) is 0. The van der Waals surface area contributed by atoms with Crippen molar-refractivity contribution >= 4 is 22.6 Å². The number of aromatic amines is 1. The van der Waals surface area contributed by atoms with E-state index in [1.54, 1.807) is 18.3 Å². The zero-order valence-electron chi connectivity index (χ0n) is 14.5. The number of carbonyl (C=O) groups excluding carboxylic acids is 1. The maximum atomic E-state index is 12.2. The van der Waals surface area contributed by atoms with Gasteiger partial charge in [0.15, 0.2) is 0 Å². The Hall–Kier alpha value is -3.75. The van der Waals surface area contributed by atoms with Gasteiger partial charge in [0.25, 0.3) is 0 Å². The van der Waals surface area contributed by atoms with Gasteiger partial charge in [0.2, 0.25) is 11.9 Å². The lowest BCUT2D eigenvalue weighted by Crippen LogP contribution is -2.14.